The average molecular weight is 353 g/mol. The second kappa shape index (κ2) is 7.47. The van der Waals surface area contributed by atoms with Crippen molar-refractivity contribution in [3.05, 3.63) is 65.2 Å². The molecule has 0 bridgehead atoms. The zero-order valence-electron chi connectivity index (χ0n) is 14.7. The first-order valence-corrected chi connectivity index (χ1v) is 8.58. The molecule has 1 fully saturated rings. The van der Waals surface area contributed by atoms with Crippen molar-refractivity contribution in [1.29, 1.82) is 0 Å². The number of rotatable bonds is 7. The van der Waals surface area contributed by atoms with Gasteiger partial charge in [0.2, 0.25) is 0 Å². The van der Waals surface area contributed by atoms with Gasteiger partial charge in [-0.2, -0.15) is 0 Å². The van der Waals surface area contributed by atoms with Crippen LogP contribution in [0.4, 0.5) is 4.79 Å². The zero-order valence-corrected chi connectivity index (χ0v) is 14.7. The Hall–Kier alpha value is -3.02. The van der Waals surface area contributed by atoms with Gasteiger partial charge in [-0.25, -0.2) is 4.79 Å². The molecule has 1 saturated carbocycles. The van der Waals surface area contributed by atoms with Gasteiger partial charge in [-0.05, 0) is 36.6 Å². The van der Waals surface area contributed by atoms with Crippen molar-refractivity contribution in [1.82, 2.24) is 10.6 Å². The lowest BCUT2D eigenvalue weighted by Crippen LogP contribution is -2.32. The highest BCUT2D eigenvalue weighted by atomic mass is 16.5. The molecule has 136 valence electrons. The van der Waals surface area contributed by atoms with Crippen LogP contribution in [0.2, 0.25) is 0 Å². The number of ether oxygens (including phenoxy) is 1. The molecule has 1 aliphatic rings. The van der Waals surface area contributed by atoms with E-state index in [0.717, 1.165) is 29.7 Å². The van der Waals surface area contributed by atoms with Crippen LogP contribution in [0, 0.1) is 0 Å². The Kier molecular flexibility index (Phi) is 5.11. The monoisotopic (exact) mass is 353 g/mol. The van der Waals surface area contributed by atoms with Gasteiger partial charge in [-0.3, -0.25) is 4.79 Å². The van der Waals surface area contributed by atoms with Gasteiger partial charge >= 0.3 is 6.03 Å². The Balaban J connectivity index is 1.61. The summed E-state index contributed by atoms with van der Waals surface area (Å²) in [6.07, 6.45) is 2.07. The summed E-state index contributed by atoms with van der Waals surface area (Å²) in [5, 5.41) is 5.56. The molecule has 0 aliphatic heterocycles. The molecular weight excluding hydrogens is 330 g/mol. The lowest BCUT2D eigenvalue weighted by Gasteiger charge is -2.19. The van der Waals surface area contributed by atoms with Crippen molar-refractivity contribution in [2.75, 3.05) is 13.7 Å². The first kappa shape index (κ1) is 17.8. The number of urea groups is 1. The molecule has 4 N–H and O–H groups in total. The van der Waals surface area contributed by atoms with Gasteiger partial charge < -0.3 is 21.1 Å². The number of nitrogens with one attached hydrogen (secondary N) is 2. The van der Waals surface area contributed by atoms with Crippen LogP contribution in [0.25, 0.3) is 0 Å². The largest absolute Gasteiger partial charge is 0.496 e. The minimum absolute atomic E-state index is 0.0341. The van der Waals surface area contributed by atoms with E-state index in [2.05, 4.69) is 16.7 Å². The summed E-state index contributed by atoms with van der Waals surface area (Å²) in [5.74, 6) is 0.756. The number of hydrogen-bond acceptors (Lipinski definition) is 3. The van der Waals surface area contributed by atoms with Gasteiger partial charge in [-0.1, -0.05) is 30.3 Å². The first-order valence-electron chi connectivity index (χ1n) is 8.58. The molecule has 2 aromatic carbocycles. The number of methoxy groups -OCH3 is 1. The van der Waals surface area contributed by atoms with Crippen molar-refractivity contribution in [3.63, 3.8) is 0 Å². The molecule has 6 nitrogen and oxygen atoms in total. The number of primary amides is 1. The molecule has 2 aromatic rings. The van der Waals surface area contributed by atoms with E-state index in [9.17, 15) is 9.59 Å². The van der Waals surface area contributed by atoms with E-state index in [4.69, 9.17) is 10.5 Å². The number of nitrogens with two attached hydrogens (primary N) is 1. The third-order valence-corrected chi connectivity index (χ3v) is 4.80. The van der Waals surface area contributed by atoms with Crippen LogP contribution in [0.1, 0.15) is 34.3 Å². The van der Waals surface area contributed by atoms with Gasteiger partial charge in [0, 0.05) is 29.6 Å². The highest BCUT2D eigenvalue weighted by molar-refractivity contribution is 5.94. The molecule has 6 heteroatoms. The fourth-order valence-electron chi connectivity index (χ4n) is 3.09. The molecule has 0 heterocycles. The fourth-order valence-corrected chi connectivity index (χ4v) is 3.09. The molecule has 0 spiro atoms. The van der Waals surface area contributed by atoms with Crippen molar-refractivity contribution < 1.29 is 14.3 Å². The molecule has 0 atom stereocenters. The van der Waals surface area contributed by atoms with Crippen LogP contribution in [0.5, 0.6) is 5.75 Å². The number of hydrogen-bond donors (Lipinski definition) is 3. The van der Waals surface area contributed by atoms with Gasteiger partial charge in [0.25, 0.3) is 5.91 Å². The molecule has 3 rings (SSSR count). The number of benzene rings is 2. The van der Waals surface area contributed by atoms with Crippen molar-refractivity contribution in [2.24, 2.45) is 5.73 Å². The van der Waals surface area contributed by atoms with Crippen molar-refractivity contribution in [3.8, 4) is 5.75 Å². The van der Waals surface area contributed by atoms with Crippen molar-refractivity contribution >= 4 is 11.9 Å². The maximum absolute atomic E-state index is 12.5. The third kappa shape index (κ3) is 3.96. The van der Waals surface area contributed by atoms with Gasteiger partial charge in [0.05, 0.1) is 7.11 Å². The van der Waals surface area contributed by atoms with Gasteiger partial charge in [0.15, 0.2) is 0 Å². The predicted molar refractivity (Wildman–Crippen MR) is 99.1 cm³/mol. The summed E-state index contributed by atoms with van der Waals surface area (Å²) in [6, 6.07) is 14.5. The lowest BCUT2D eigenvalue weighted by atomic mass is 9.94. The van der Waals surface area contributed by atoms with Crippen LogP contribution < -0.4 is 21.1 Å². The Morgan fingerprint density at radius 2 is 1.77 bits per heavy atom. The van der Waals surface area contributed by atoms with E-state index < -0.39 is 6.03 Å². The maximum atomic E-state index is 12.5. The Morgan fingerprint density at radius 3 is 2.38 bits per heavy atom. The highest BCUT2D eigenvalue weighted by Crippen LogP contribution is 2.50. The molecular formula is C20H23N3O3. The quantitative estimate of drug-likeness (QED) is 0.713. The van der Waals surface area contributed by atoms with Crippen LogP contribution in [-0.4, -0.2) is 25.6 Å². The Bertz CT molecular complexity index is 798. The predicted octanol–water partition coefficient (Wildman–Crippen LogP) is 2.33. The van der Waals surface area contributed by atoms with Crippen molar-refractivity contribution in [2.45, 2.75) is 24.8 Å². The minimum Gasteiger partial charge on any atom is -0.496 e. The summed E-state index contributed by atoms with van der Waals surface area (Å²) in [6.45, 7) is 0.922. The molecule has 3 amide bonds. The van der Waals surface area contributed by atoms with E-state index in [1.54, 1.807) is 31.4 Å². The lowest BCUT2D eigenvalue weighted by molar-refractivity contribution is 0.0949. The summed E-state index contributed by atoms with van der Waals surface area (Å²) >= 11 is 0. The molecule has 0 saturated heterocycles. The van der Waals surface area contributed by atoms with Crippen LogP contribution >= 0.6 is 0 Å². The number of para-hydroxylation sites is 1. The summed E-state index contributed by atoms with van der Waals surface area (Å²) in [5.41, 5.74) is 7.63. The second-order valence-electron chi connectivity index (χ2n) is 6.58. The fraction of sp³-hybridized carbons (Fsp3) is 0.300. The highest BCUT2D eigenvalue weighted by Gasteiger charge is 2.46. The Labute approximate surface area is 152 Å². The van der Waals surface area contributed by atoms with Gasteiger partial charge in [-0.15, -0.1) is 0 Å². The van der Waals surface area contributed by atoms with E-state index in [1.165, 1.54) is 0 Å². The molecule has 0 aromatic heterocycles. The van der Waals surface area contributed by atoms with Gasteiger partial charge in [0.1, 0.15) is 5.75 Å². The molecule has 0 radical (unpaired) electrons. The number of carbonyl (C=O) groups excluding carboxylic acids is 2. The van der Waals surface area contributed by atoms with E-state index in [1.807, 2.05) is 18.2 Å². The Morgan fingerprint density at radius 1 is 1.08 bits per heavy atom. The second-order valence-corrected chi connectivity index (χ2v) is 6.58. The summed E-state index contributed by atoms with van der Waals surface area (Å²) < 4.78 is 5.46. The van der Waals surface area contributed by atoms with Crippen LogP contribution in [0.15, 0.2) is 48.5 Å². The smallest absolute Gasteiger partial charge is 0.312 e. The minimum atomic E-state index is -0.571. The zero-order chi connectivity index (χ0) is 18.6. The average Bonchev–Trinajstić information content (AvgIpc) is 3.46. The molecule has 0 unspecified atom stereocenters. The third-order valence-electron chi connectivity index (χ3n) is 4.80. The van der Waals surface area contributed by atoms with E-state index in [0.29, 0.717) is 18.7 Å². The number of amides is 3. The summed E-state index contributed by atoms with van der Waals surface area (Å²) in [4.78, 5) is 23.2. The molecule has 26 heavy (non-hydrogen) atoms. The molecule has 1 aliphatic carbocycles. The normalized spacial score (nSPS) is 14.3. The van der Waals surface area contributed by atoms with E-state index >= 15 is 0 Å². The van der Waals surface area contributed by atoms with Crippen LogP contribution in [0.3, 0.4) is 0 Å². The van der Waals surface area contributed by atoms with Crippen LogP contribution in [-0.2, 0) is 12.0 Å². The topological polar surface area (TPSA) is 93.4 Å². The standard InChI is InChI=1S/C20H23N3O3/c1-26-17-5-3-2-4-16(17)20(10-11-20)13-23-18(24)15-8-6-14(7-9-15)12-22-19(21)25/h2-9H,10-13H2,1H3,(H,23,24)(H3,21,22,25). The SMILES string of the molecule is COc1ccccc1C1(CNC(=O)c2ccc(CNC(N)=O)cc2)CC1. The number of carbonyl (C=O) groups is 2. The first-order chi connectivity index (χ1) is 12.5. The summed E-state index contributed by atoms with van der Waals surface area (Å²) in [7, 11) is 1.67. The van der Waals surface area contributed by atoms with E-state index in [-0.39, 0.29) is 11.3 Å². The maximum Gasteiger partial charge on any atom is 0.312 e.